The normalized spacial score (nSPS) is 31.7. The Labute approximate surface area is 196 Å². The van der Waals surface area contributed by atoms with Crippen LogP contribution < -0.4 is 0 Å². The number of nitrogens with zero attached hydrogens (tertiary/aromatic N) is 5. The van der Waals surface area contributed by atoms with Gasteiger partial charge in [0.15, 0.2) is 15.7 Å². The summed E-state index contributed by atoms with van der Waals surface area (Å²) in [5.41, 5.74) is -0.547. The molecule has 2 aliphatic carbocycles. The van der Waals surface area contributed by atoms with E-state index in [1.165, 1.54) is 6.20 Å². The van der Waals surface area contributed by atoms with Gasteiger partial charge in [0.1, 0.15) is 5.82 Å². The van der Waals surface area contributed by atoms with Gasteiger partial charge in [-0.3, -0.25) is 9.88 Å². The summed E-state index contributed by atoms with van der Waals surface area (Å²) in [6, 6.07) is 1.59. The van der Waals surface area contributed by atoms with Gasteiger partial charge in [-0.15, -0.1) is 0 Å². The first-order chi connectivity index (χ1) is 15.9. The number of likely N-dealkylation sites (tertiary alicyclic amines) is 1. The molecule has 0 amide bonds. The van der Waals surface area contributed by atoms with E-state index in [-0.39, 0.29) is 28.8 Å². The van der Waals surface area contributed by atoms with Crippen molar-refractivity contribution >= 4 is 9.84 Å². The van der Waals surface area contributed by atoms with Crippen LogP contribution in [0.25, 0.3) is 11.4 Å². The molecule has 0 aromatic carbocycles. The van der Waals surface area contributed by atoms with E-state index in [4.69, 9.17) is 4.98 Å². The smallest absolute Gasteiger partial charge is 0.300 e. The zero-order chi connectivity index (χ0) is 24.0. The number of sulfone groups is 1. The van der Waals surface area contributed by atoms with E-state index >= 15 is 0 Å². The van der Waals surface area contributed by atoms with E-state index in [2.05, 4.69) is 15.0 Å². The molecule has 4 fully saturated rings. The van der Waals surface area contributed by atoms with Gasteiger partial charge in [0.25, 0.3) is 0 Å². The van der Waals surface area contributed by atoms with E-state index in [1.807, 2.05) is 18.5 Å². The Morgan fingerprint density at radius 1 is 1.15 bits per heavy atom. The number of halogens is 3. The minimum Gasteiger partial charge on any atom is -0.300 e. The van der Waals surface area contributed by atoms with Crippen LogP contribution in [-0.4, -0.2) is 63.7 Å². The highest BCUT2D eigenvalue weighted by molar-refractivity contribution is 7.92. The number of alkyl halides is 3. The summed E-state index contributed by atoms with van der Waals surface area (Å²) in [4.78, 5) is 11.0. The second-order valence-electron chi connectivity index (χ2n) is 11.0. The molecule has 11 heteroatoms. The molecule has 2 aromatic rings. The Kier molecular flexibility index (Phi) is 4.79. The zero-order valence-electron chi connectivity index (χ0n) is 19.2. The second kappa shape index (κ2) is 7.25. The number of aromatic nitrogens is 4. The van der Waals surface area contributed by atoms with E-state index < -0.39 is 21.6 Å². The molecule has 0 N–H and O–H groups in total. The van der Waals surface area contributed by atoms with Crippen molar-refractivity contribution in [3.8, 4) is 11.4 Å². The lowest BCUT2D eigenvalue weighted by Crippen LogP contribution is -2.50. The monoisotopic (exact) mass is 495 g/mol. The SMILES string of the molecule is CC(C)n1nc(-c2cncc(C(F)(F)F)c2)nc1[C@H]1[C@@H]2CC(N3CCC4(C3)CS(=O)(=O)C4)C[C@@H]21. The molecule has 2 saturated carbocycles. The molecular formula is C23H28F3N5O2S. The maximum atomic E-state index is 13.1. The van der Waals surface area contributed by atoms with Gasteiger partial charge in [0.05, 0.1) is 17.1 Å². The van der Waals surface area contributed by atoms with Crippen LogP contribution in [-0.2, 0) is 16.0 Å². The average molecular weight is 496 g/mol. The Hall–Kier alpha value is -2.01. The van der Waals surface area contributed by atoms with E-state index in [9.17, 15) is 21.6 Å². The lowest BCUT2D eigenvalue weighted by molar-refractivity contribution is -0.137. The average Bonchev–Trinajstić information content (AvgIpc) is 3.18. The van der Waals surface area contributed by atoms with Crippen molar-refractivity contribution in [3.63, 3.8) is 0 Å². The van der Waals surface area contributed by atoms with Crippen LogP contribution in [0.4, 0.5) is 13.2 Å². The van der Waals surface area contributed by atoms with Gasteiger partial charge in [-0.2, -0.15) is 18.3 Å². The molecule has 2 aromatic heterocycles. The zero-order valence-corrected chi connectivity index (χ0v) is 20.0. The predicted molar refractivity (Wildman–Crippen MR) is 119 cm³/mol. The van der Waals surface area contributed by atoms with Crippen molar-refractivity contribution in [3.05, 3.63) is 29.8 Å². The van der Waals surface area contributed by atoms with E-state index in [1.54, 1.807) is 0 Å². The number of hydrogen-bond acceptors (Lipinski definition) is 6. The Balaban J connectivity index is 1.17. The minimum absolute atomic E-state index is 0.0171. The summed E-state index contributed by atoms with van der Waals surface area (Å²) in [6.45, 7) is 5.86. The summed E-state index contributed by atoms with van der Waals surface area (Å²) >= 11 is 0. The largest absolute Gasteiger partial charge is 0.417 e. The summed E-state index contributed by atoms with van der Waals surface area (Å²) in [6.07, 6.45) is 0.820. The van der Waals surface area contributed by atoms with Crippen molar-refractivity contribution in [1.29, 1.82) is 0 Å². The lowest BCUT2D eigenvalue weighted by Gasteiger charge is -2.38. The minimum atomic E-state index is -4.47. The Morgan fingerprint density at radius 2 is 1.85 bits per heavy atom. The molecule has 4 aliphatic rings. The standard InChI is InChI=1S/C23H28F3N5O2S/c1-13(2)31-21(28-20(29-31)14-5-15(9-27-8-14)23(24,25)26)19-17-6-16(7-18(17)19)30-4-3-22(10-30)11-34(32,33)12-22/h5,8-9,13,16-19H,3-4,6-7,10-12H2,1-2H3/t16?,17-,18+,19+. The highest BCUT2D eigenvalue weighted by Gasteiger charge is 2.61. The van der Waals surface area contributed by atoms with Crippen molar-refractivity contribution < 1.29 is 21.6 Å². The maximum absolute atomic E-state index is 13.1. The summed E-state index contributed by atoms with van der Waals surface area (Å²) < 4.78 is 64.7. The highest BCUT2D eigenvalue weighted by Crippen LogP contribution is 2.64. The first-order valence-electron chi connectivity index (χ1n) is 11.9. The number of hydrogen-bond donors (Lipinski definition) is 0. The van der Waals surface area contributed by atoms with E-state index in [0.717, 1.165) is 50.4 Å². The van der Waals surface area contributed by atoms with Gasteiger partial charge < -0.3 is 0 Å². The molecule has 184 valence electrons. The predicted octanol–water partition coefficient (Wildman–Crippen LogP) is 3.55. The van der Waals surface area contributed by atoms with Gasteiger partial charge in [-0.05, 0) is 57.6 Å². The first kappa shape index (κ1) is 22.5. The number of fused-ring (bicyclic) bond motifs is 1. The Bertz CT molecular complexity index is 1220. The molecule has 34 heavy (non-hydrogen) atoms. The van der Waals surface area contributed by atoms with Crippen LogP contribution in [0.2, 0.25) is 0 Å². The summed E-state index contributed by atoms with van der Waals surface area (Å²) in [7, 11) is -2.82. The van der Waals surface area contributed by atoms with Crippen LogP contribution in [0.3, 0.4) is 0 Å². The van der Waals surface area contributed by atoms with Crippen molar-refractivity contribution in [2.24, 2.45) is 17.3 Å². The molecule has 1 unspecified atom stereocenters. The molecule has 2 saturated heterocycles. The first-order valence-corrected chi connectivity index (χ1v) is 13.7. The van der Waals surface area contributed by atoms with Gasteiger partial charge in [0.2, 0.25) is 0 Å². The summed E-state index contributed by atoms with van der Waals surface area (Å²) in [5.74, 6) is 3.10. The van der Waals surface area contributed by atoms with E-state index in [0.29, 0.717) is 29.4 Å². The fraction of sp³-hybridized carbons (Fsp3) is 0.696. The summed E-state index contributed by atoms with van der Waals surface area (Å²) in [5, 5.41) is 4.57. The molecular weight excluding hydrogens is 467 g/mol. The fourth-order valence-corrected chi connectivity index (χ4v) is 8.94. The molecule has 0 radical (unpaired) electrons. The van der Waals surface area contributed by atoms with Crippen molar-refractivity contribution in [2.75, 3.05) is 24.6 Å². The highest BCUT2D eigenvalue weighted by atomic mass is 32.2. The molecule has 4 atom stereocenters. The topological polar surface area (TPSA) is 81.0 Å². The molecule has 6 rings (SSSR count). The maximum Gasteiger partial charge on any atom is 0.417 e. The quantitative estimate of drug-likeness (QED) is 0.645. The van der Waals surface area contributed by atoms with Crippen LogP contribution in [0.1, 0.15) is 56.5 Å². The molecule has 7 nitrogen and oxygen atoms in total. The van der Waals surface area contributed by atoms with Crippen LogP contribution >= 0.6 is 0 Å². The van der Waals surface area contributed by atoms with Crippen molar-refractivity contribution in [2.45, 2.75) is 57.3 Å². The Morgan fingerprint density at radius 3 is 2.47 bits per heavy atom. The van der Waals surface area contributed by atoms with Crippen LogP contribution in [0, 0.1) is 17.3 Å². The molecule has 2 aliphatic heterocycles. The van der Waals surface area contributed by atoms with Gasteiger partial charge in [-0.25, -0.2) is 18.1 Å². The van der Waals surface area contributed by atoms with Gasteiger partial charge >= 0.3 is 6.18 Å². The number of rotatable bonds is 4. The molecule has 0 bridgehead atoms. The molecule has 4 heterocycles. The third kappa shape index (κ3) is 3.66. The van der Waals surface area contributed by atoms with Crippen molar-refractivity contribution in [1.82, 2.24) is 24.6 Å². The lowest BCUT2D eigenvalue weighted by atomic mass is 9.91. The molecule has 1 spiro atoms. The third-order valence-electron chi connectivity index (χ3n) is 8.23. The third-order valence-corrected chi connectivity index (χ3v) is 10.3. The van der Waals surface area contributed by atoms with Gasteiger partial charge in [-0.1, -0.05) is 0 Å². The number of pyridine rings is 1. The van der Waals surface area contributed by atoms with Crippen LogP contribution in [0.15, 0.2) is 18.5 Å². The van der Waals surface area contributed by atoms with Gasteiger partial charge in [0, 0.05) is 47.9 Å². The fourth-order valence-electron chi connectivity index (χ4n) is 6.68. The second-order valence-corrected chi connectivity index (χ2v) is 13.1. The van der Waals surface area contributed by atoms with Crippen LogP contribution in [0.5, 0.6) is 0 Å².